The first-order valence-electron chi connectivity index (χ1n) is 5.82. The van der Waals surface area contributed by atoms with Crippen molar-refractivity contribution in [2.24, 2.45) is 0 Å². The summed E-state index contributed by atoms with van der Waals surface area (Å²) in [5.74, 6) is -12.0. The van der Waals surface area contributed by atoms with Crippen molar-refractivity contribution in [2.45, 2.75) is 29.8 Å². The van der Waals surface area contributed by atoms with E-state index in [1.165, 1.54) is 0 Å². The lowest BCUT2D eigenvalue weighted by molar-refractivity contribution is -0.0271. The number of halogens is 5. The molecule has 1 aliphatic rings. The number of sulfonamides is 1. The molecular formula is C11H10F5NO3S. The number of hydrogen-bond acceptors (Lipinski definition) is 3. The maximum atomic E-state index is 13.4. The van der Waals surface area contributed by atoms with E-state index in [2.05, 4.69) is 0 Å². The minimum atomic E-state index is -5.00. The van der Waals surface area contributed by atoms with Gasteiger partial charge in [0.1, 0.15) is 0 Å². The SMILES string of the molecule is O=S(=O)(NCC1(O)CCC1)c1c(F)c(F)c(F)c(F)c1F. The molecule has 0 atom stereocenters. The highest BCUT2D eigenvalue weighted by atomic mass is 32.2. The fraction of sp³-hybridized carbons (Fsp3) is 0.455. The van der Waals surface area contributed by atoms with Crippen molar-refractivity contribution in [3.63, 3.8) is 0 Å². The molecule has 0 radical (unpaired) electrons. The molecular weight excluding hydrogens is 321 g/mol. The van der Waals surface area contributed by atoms with Crippen LogP contribution >= 0.6 is 0 Å². The zero-order valence-corrected chi connectivity index (χ0v) is 11.2. The minimum Gasteiger partial charge on any atom is -0.389 e. The van der Waals surface area contributed by atoms with Gasteiger partial charge in [0.25, 0.3) is 0 Å². The van der Waals surface area contributed by atoms with E-state index < -0.39 is 56.2 Å². The molecule has 1 fully saturated rings. The Morgan fingerprint density at radius 1 is 0.952 bits per heavy atom. The Morgan fingerprint density at radius 2 is 1.38 bits per heavy atom. The number of benzene rings is 1. The smallest absolute Gasteiger partial charge is 0.246 e. The van der Waals surface area contributed by atoms with Gasteiger partial charge in [-0.3, -0.25) is 0 Å². The molecule has 0 bridgehead atoms. The van der Waals surface area contributed by atoms with Crippen LogP contribution < -0.4 is 4.72 Å². The molecule has 2 rings (SSSR count). The summed E-state index contributed by atoms with van der Waals surface area (Å²) in [7, 11) is -5.00. The molecule has 21 heavy (non-hydrogen) atoms. The molecule has 2 N–H and O–H groups in total. The third-order valence-corrected chi connectivity index (χ3v) is 4.73. The highest BCUT2D eigenvalue weighted by Gasteiger charge is 2.38. The third kappa shape index (κ3) is 2.74. The van der Waals surface area contributed by atoms with Gasteiger partial charge in [-0.05, 0) is 19.3 Å². The summed E-state index contributed by atoms with van der Waals surface area (Å²) in [6.45, 7) is -0.575. The second kappa shape index (κ2) is 5.18. The van der Waals surface area contributed by atoms with Crippen LogP contribution in [-0.2, 0) is 10.0 Å². The summed E-state index contributed by atoms with van der Waals surface area (Å²) in [5, 5.41) is 9.69. The van der Waals surface area contributed by atoms with Gasteiger partial charge in [0.15, 0.2) is 28.2 Å². The van der Waals surface area contributed by atoms with Crippen molar-refractivity contribution in [1.82, 2.24) is 4.72 Å². The van der Waals surface area contributed by atoms with Crippen molar-refractivity contribution in [2.75, 3.05) is 6.54 Å². The van der Waals surface area contributed by atoms with Crippen LogP contribution in [0.5, 0.6) is 0 Å². The molecule has 1 saturated carbocycles. The summed E-state index contributed by atoms with van der Waals surface area (Å²) in [6.07, 6.45) is 1.18. The van der Waals surface area contributed by atoms with Gasteiger partial charge in [-0.15, -0.1) is 0 Å². The highest BCUT2D eigenvalue weighted by molar-refractivity contribution is 7.89. The van der Waals surface area contributed by atoms with Crippen LogP contribution in [0.3, 0.4) is 0 Å². The van der Waals surface area contributed by atoms with Gasteiger partial charge in [0.05, 0.1) is 5.60 Å². The van der Waals surface area contributed by atoms with E-state index in [1.54, 1.807) is 4.72 Å². The molecule has 0 amide bonds. The molecule has 1 aromatic carbocycles. The molecule has 4 nitrogen and oxygen atoms in total. The number of hydrogen-bond donors (Lipinski definition) is 2. The third-order valence-electron chi connectivity index (χ3n) is 3.31. The monoisotopic (exact) mass is 331 g/mol. The molecule has 0 aromatic heterocycles. The summed E-state index contributed by atoms with van der Waals surface area (Å²) < 4.78 is 90.7. The van der Waals surface area contributed by atoms with E-state index in [4.69, 9.17) is 0 Å². The molecule has 10 heteroatoms. The van der Waals surface area contributed by atoms with Crippen LogP contribution in [0.2, 0.25) is 0 Å². The van der Waals surface area contributed by atoms with Gasteiger partial charge in [0.2, 0.25) is 15.8 Å². The second-order valence-electron chi connectivity index (χ2n) is 4.80. The second-order valence-corrected chi connectivity index (χ2v) is 6.51. The van der Waals surface area contributed by atoms with Crippen LogP contribution in [0.1, 0.15) is 19.3 Å². The fourth-order valence-electron chi connectivity index (χ4n) is 1.88. The normalized spacial score (nSPS) is 17.6. The van der Waals surface area contributed by atoms with Crippen molar-refractivity contribution in [1.29, 1.82) is 0 Å². The fourth-order valence-corrected chi connectivity index (χ4v) is 3.14. The zero-order valence-electron chi connectivity index (χ0n) is 10.4. The van der Waals surface area contributed by atoms with Gasteiger partial charge >= 0.3 is 0 Å². The molecule has 0 spiro atoms. The molecule has 0 saturated heterocycles. The molecule has 0 heterocycles. The summed E-state index contributed by atoms with van der Waals surface area (Å²) >= 11 is 0. The standard InChI is InChI=1S/C11H10F5NO3S/c12-5-6(13)8(15)10(9(16)7(5)14)21(19,20)17-4-11(18)2-1-3-11/h17-18H,1-4H2. The Labute approximate surface area is 116 Å². The van der Waals surface area contributed by atoms with Gasteiger partial charge < -0.3 is 5.11 Å². The van der Waals surface area contributed by atoms with Crippen molar-refractivity contribution >= 4 is 10.0 Å². The van der Waals surface area contributed by atoms with Gasteiger partial charge in [-0.25, -0.2) is 35.1 Å². The van der Waals surface area contributed by atoms with E-state index in [1.807, 2.05) is 0 Å². The maximum Gasteiger partial charge on any atom is 0.246 e. The van der Waals surface area contributed by atoms with Crippen LogP contribution in [-0.4, -0.2) is 25.7 Å². The molecule has 0 unspecified atom stereocenters. The van der Waals surface area contributed by atoms with Crippen molar-refractivity contribution in [3.05, 3.63) is 29.1 Å². The number of nitrogens with one attached hydrogen (secondary N) is 1. The Kier molecular flexibility index (Phi) is 3.98. The maximum absolute atomic E-state index is 13.4. The lowest BCUT2D eigenvalue weighted by Gasteiger charge is -2.36. The number of rotatable bonds is 4. The Morgan fingerprint density at radius 3 is 1.76 bits per heavy atom. The Bertz CT molecular complexity index is 659. The largest absolute Gasteiger partial charge is 0.389 e. The first-order chi connectivity index (χ1) is 9.59. The first-order valence-corrected chi connectivity index (χ1v) is 7.31. The average Bonchev–Trinajstić information content (AvgIpc) is 2.38. The summed E-state index contributed by atoms with van der Waals surface area (Å²) in [6, 6.07) is 0. The lowest BCUT2D eigenvalue weighted by atomic mass is 9.81. The Balaban J connectivity index is 2.40. The Hall–Kier alpha value is -1.26. The molecule has 118 valence electrons. The van der Waals surface area contributed by atoms with E-state index in [0.29, 0.717) is 6.42 Å². The summed E-state index contributed by atoms with van der Waals surface area (Å²) in [4.78, 5) is -1.96. The molecule has 0 aliphatic heterocycles. The lowest BCUT2D eigenvalue weighted by Crippen LogP contribution is -2.48. The highest BCUT2D eigenvalue weighted by Crippen LogP contribution is 2.32. The van der Waals surface area contributed by atoms with Crippen LogP contribution in [0.25, 0.3) is 0 Å². The predicted molar refractivity (Wildman–Crippen MR) is 60.2 cm³/mol. The predicted octanol–water partition coefficient (Wildman–Crippen LogP) is 1.58. The summed E-state index contributed by atoms with van der Waals surface area (Å²) in [5.41, 5.74) is -1.36. The van der Waals surface area contributed by atoms with E-state index in [0.717, 1.165) is 0 Å². The van der Waals surface area contributed by atoms with Gasteiger partial charge in [-0.1, -0.05) is 0 Å². The topological polar surface area (TPSA) is 66.4 Å². The average molecular weight is 331 g/mol. The number of aliphatic hydroxyl groups is 1. The molecule has 1 aliphatic carbocycles. The van der Waals surface area contributed by atoms with E-state index in [-0.39, 0.29) is 12.8 Å². The van der Waals surface area contributed by atoms with Crippen molar-refractivity contribution in [3.8, 4) is 0 Å². The van der Waals surface area contributed by atoms with Crippen LogP contribution in [0.4, 0.5) is 22.0 Å². The van der Waals surface area contributed by atoms with Crippen LogP contribution in [0, 0.1) is 29.1 Å². The minimum absolute atomic E-state index is 0.270. The zero-order chi connectivity index (χ0) is 16.0. The first kappa shape index (κ1) is 16.1. The van der Waals surface area contributed by atoms with Gasteiger partial charge in [0, 0.05) is 6.54 Å². The van der Waals surface area contributed by atoms with E-state index >= 15 is 0 Å². The van der Waals surface area contributed by atoms with Crippen molar-refractivity contribution < 1.29 is 35.5 Å². The van der Waals surface area contributed by atoms with E-state index in [9.17, 15) is 35.5 Å². The quantitative estimate of drug-likeness (QED) is 0.500. The van der Waals surface area contributed by atoms with Crippen LogP contribution in [0.15, 0.2) is 4.90 Å². The van der Waals surface area contributed by atoms with Gasteiger partial charge in [-0.2, -0.15) is 0 Å². The molecule has 1 aromatic rings.